The molecule has 1 aliphatic rings. The van der Waals surface area contributed by atoms with Crippen molar-refractivity contribution in [3.05, 3.63) is 52.5 Å². The van der Waals surface area contributed by atoms with Gasteiger partial charge in [-0.3, -0.25) is 9.78 Å². The van der Waals surface area contributed by atoms with Crippen LogP contribution in [0.5, 0.6) is 0 Å². The highest BCUT2D eigenvalue weighted by atomic mass is 32.1. The molecule has 1 N–H and O–H groups in total. The maximum atomic E-state index is 12.4. The van der Waals surface area contributed by atoms with Crippen LogP contribution in [0, 0.1) is 5.92 Å². The van der Waals surface area contributed by atoms with Crippen molar-refractivity contribution in [2.45, 2.75) is 25.3 Å². The number of thiophene rings is 1. The summed E-state index contributed by atoms with van der Waals surface area (Å²) in [6, 6.07) is 7.96. The molecule has 3 rings (SSSR count). The van der Waals surface area contributed by atoms with Gasteiger partial charge < -0.3 is 10.1 Å². The van der Waals surface area contributed by atoms with Crippen LogP contribution < -0.4 is 5.32 Å². The molecule has 116 valence electrons. The summed E-state index contributed by atoms with van der Waals surface area (Å²) in [5, 5.41) is 5.21. The molecule has 2 aromatic rings. The highest BCUT2D eigenvalue weighted by Crippen LogP contribution is 2.29. The Morgan fingerprint density at radius 1 is 1.36 bits per heavy atom. The zero-order valence-corrected chi connectivity index (χ0v) is 13.2. The van der Waals surface area contributed by atoms with E-state index in [9.17, 15) is 4.79 Å². The van der Waals surface area contributed by atoms with E-state index in [1.165, 1.54) is 0 Å². The Morgan fingerprint density at radius 2 is 2.23 bits per heavy atom. The highest BCUT2D eigenvalue weighted by molar-refractivity contribution is 7.10. The lowest BCUT2D eigenvalue weighted by atomic mass is 9.87. The van der Waals surface area contributed by atoms with Crippen LogP contribution in [-0.4, -0.2) is 24.1 Å². The van der Waals surface area contributed by atoms with E-state index in [0.29, 0.717) is 12.3 Å². The van der Waals surface area contributed by atoms with Crippen molar-refractivity contribution >= 4 is 17.2 Å². The van der Waals surface area contributed by atoms with Gasteiger partial charge in [-0.05, 0) is 41.8 Å². The molecule has 1 atom stereocenters. The van der Waals surface area contributed by atoms with Gasteiger partial charge in [0.05, 0.1) is 12.5 Å². The molecule has 1 fully saturated rings. The summed E-state index contributed by atoms with van der Waals surface area (Å²) in [7, 11) is 0. The van der Waals surface area contributed by atoms with Crippen molar-refractivity contribution in [3.8, 4) is 0 Å². The second-order valence-electron chi connectivity index (χ2n) is 5.54. The van der Waals surface area contributed by atoms with E-state index in [1.54, 1.807) is 17.5 Å². The van der Waals surface area contributed by atoms with E-state index >= 15 is 0 Å². The first kappa shape index (κ1) is 15.2. The van der Waals surface area contributed by atoms with Crippen molar-refractivity contribution in [2.24, 2.45) is 5.92 Å². The number of hydrogen-bond acceptors (Lipinski definition) is 4. The number of carbonyl (C=O) groups excluding carboxylic acids is 1. The fourth-order valence-corrected chi connectivity index (χ4v) is 3.58. The minimum atomic E-state index is 0.0186. The van der Waals surface area contributed by atoms with Gasteiger partial charge in [0, 0.05) is 30.5 Å². The summed E-state index contributed by atoms with van der Waals surface area (Å²) in [5.41, 5.74) is 1.08. The zero-order chi connectivity index (χ0) is 15.2. The van der Waals surface area contributed by atoms with Gasteiger partial charge in [-0.15, -0.1) is 11.3 Å². The molecular formula is C17H20N2O2S. The van der Waals surface area contributed by atoms with E-state index in [1.807, 2.05) is 35.8 Å². The molecule has 0 aliphatic carbocycles. The van der Waals surface area contributed by atoms with Crippen LogP contribution in [0.4, 0.5) is 0 Å². The average Bonchev–Trinajstić information content (AvgIpc) is 3.07. The molecule has 0 saturated carbocycles. The molecule has 1 amide bonds. The molecule has 3 heterocycles. The summed E-state index contributed by atoms with van der Waals surface area (Å²) in [6.07, 6.45) is 6.00. The number of pyridine rings is 1. The first-order valence-corrected chi connectivity index (χ1v) is 8.50. The van der Waals surface area contributed by atoms with Crippen LogP contribution in [0.1, 0.15) is 29.3 Å². The van der Waals surface area contributed by atoms with Crippen molar-refractivity contribution in [1.82, 2.24) is 10.3 Å². The van der Waals surface area contributed by atoms with Gasteiger partial charge in [-0.2, -0.15) is 0 Å². The Morgan fingerprint density at radius 3 is 2.91 bits per heavy atom. The maximum Gasteiger partial charge on any atom is 0.225 e. The van der Waals surface area contributed by atoms with Crippen LogP contribution in [0.3, 0.4) is 0 Å². The van der Waals surface area contributed by atoms with E-state index in [2.05, 4.69) is 10.3 Å². The van der Waals surface area contributed by atoms with Crippen LogP contribution in [-0.2, 0) is 16.0 Å². The van der Waals surface area contributed by atoms with Crippen molar-refractivity contribution in [2.75, 3.05) is 13.2 Å². The largest absolute Gasteiger partial charge is 0.381 e. The molecule has 4 nitrogen and oxygen atoms in total. The first-order chi connectivity index (χ1) is 10.8. The second kappa shape index (κ2) is 7.51. The summed E-state index contributed by atoms with van der Waals surface area (Å²) < 4.78 is 5.45. The lowest BCUT2D eigenvalue weighted by Crippen LogP contribution is -2.36. The third kappa shape index (κ3) is 3.93. The van der Waals surface area contributed by atoms with Crippen LogP contribution in [0.25, 0.3) is 0 Å². The number of hydrogen-bond donors (Lipinski definition) is 1. The summed E-state index contributed by atoms with van der Waals surface area (Å²) in [6.45, 7) is 1.53. The van der Waals surface area contributed by atoms with Gasteiger partial charge in [-0.1, -0.05) is 12.1 Å². The van der Waals surface area contributed by atoms with Gasteiger partial charge in [0.15, 0.2) is 0 Å². The van der Waals surface area contributed by atoms with Crippen molar-refractivity contribution in [1.29, 1.82) is 0 Å². The molecule has 1 saturated heterocycles. The number of nitrogens with zero attached hydrogens (tertiary/aromatic N) is 1. The monoisotopic (exact) mass is 316 g/mol. The van der Waals surface area contributed by atoms with Gasteiger partial charge in [-0.25, -0.2) is 0 Å². The molecule has 0 spiro atoms. The van der Waals surface area contributed by atoms with Crippen LogP contribution >= 0.6 is 11.3 Å². The topological polar surface area (TPSA) is 51.2 Å². The summed E-state index contributed by atoms with van der Waals surface area (Å²) in [4.78, 5) is 17.7. The number of ether oxygens (including phenoxy) is 1. The molecule has 1 aliphatic heterocycles. The summed E-state index contributed by atoms with van der Waals surface area (Å²) in [5.74, 6) is 0.480. The third-order valence-electron chi connectivity index (χ3n) is 4.01. The zero-order valence-electron chi connectivity index (χ0n) is 12.4. The van der Waals surface area contributed by atoms with Crippen molar-refractivity contribution < 1.29 is 9.53 Å². The predicted molar refractivity (Wildman–Crippen MR) is 86.7 cm³/mol. The molecule has 5 heteroatoms. The minimum Gasteiger partial charge on any atom is -0.381 e. The predicted octanol–water partition coefficient (Wildman–Crippen LogP) is 2.97. The number of aromatic nitrogens is 1. The number of nitrogens with one attached hydrogen (secondary N) is 1. The Bertz CT molecular complexity index is 580. The third-order valence-corrected chi connectivity index (χ3v) is 4.89. The van der Waals surface area contributed by atoms with Gasteiger partial charge in [0.1, 0.15) is 0 Å². The Balaban J connectivity index is 1.71. The first-order valence-electron chi connectivity index (χ1n) is 7.62. The molecule has 0 unspecified atom stereocenters. The molecule has 0 bridgehead atoms. The SMILES string of the molecule is O=C(Cc1cccs1)N[C@@H](c1cccnc1)C1CCOCC1. The maximum absolute atomic E-state index is 12.4. The molecule has 22 heavy (non-hydrogen) atoms. The smallest absolute Gasteiger partial charge is 0.225 e. The molecule has 0 radical (unpaired) electrons. The lowest BCUT2D eigenvalue weighted by Gasteiger charge is -2.31. The second-order valence-corrected chi connectivity index (χ2v) is 6.57. The Kier molecular flexibility index (Phi) is 5.19. The van der Waals surface area contributed by atoms with E-state index in [4.69, 9.17) is 4.74 Å². The molecular weight excluding hydrogens is 296 g/mol. The lowest BCUT2D eigenvalue weighted by molar-refractivity contribution is -0.121. The minimum absolute atomic E-state index is 0.0186. The number of carbonyl (C=O) groups is 1. The molecule has 0 aromatic carbocycles. The van der Waals surface area contributed by atoms with Gasteiger partial charge in [0.25, 0.3) is 0 Å². The standard InChI is InChI=1S/C17H20N2O2S/c20-16(11-15-4-2-10-22-15)19-17(13-5-8-21-9-6-13)14-3-1-7-18-12-14/h1-4,7,10,12-13,17H,5-6,8-9,11H2,(H,19,20)/t17-/m1/s1. The fraction of sp³-hybridized carbons (Fsp3) is 0.412. The van der Waals surface area contributed by atoms with E-state index in [0.717, 1.165) is 36.5 Å². The van der Waals surface area contributed by atoms with Gasteiger partial charge >= 0.3 is 0 Å². The van der Waals surface area contributed by atoms with Crippen LogP contribution in [0.2, 0.25) is 0 Å². The Labute approximate surface area is 134 Å². The summed E-state index contributed by atoms with van der Waals surface area (Å²) >= 11 is 1.62. The normalized spacial score (nSPS) is 17.1. The van der Waals surface area contributed by atoms with E-state index < -0.39 is 0 Å². The quantitative estimate of drug-likeness (QED) is 0.922. The van der Waals surface area contributed by atoms with Crippen LogP contribution in [0.15, 0.2) is 42.0 Å². The van der Waals surface area contributed by atoms with Crippen molar-refractivity contribution in [3.63, 3.8) is 0 Å². The molecule has 2 aromatic heterocycles. The Hall–Kier alpha value is -1.72. The number of rotatable bonds is 5. The number of amides is 1. The van der Waals surface area contributed by atoms with E-state index in [-0.39, 0.29) is 11.9 Å². The average molecular weight is 316 g/mol. The highest BCUT2D eigenvalue weighted by Gasteiger charge is 2.27. The fourth-order valence-electron chi connectivity index (χ4n) is 2.88. The van der Waals surface area contributed by atoms with Gasteiger partial charge in [0.2, 0.25) is 5.91 Å².